The number of hydrogen-bond acceptors (Lipinski definition) is 6. The standard InChI is InChI=1S/C7H11NO5/c8-2-1-4-5(10)6(11)7(12,3-9)13-4/h4-6,9-12H,1,3H2. The molecule has 4 unspecified atom stereocenters. The molecule has 6 heteroatoms. The number of aliphatic hydroxyl groups excluding tert-OH is 3. The van der Waals surface area contributed by atoms with E-state index in [0.717, 1.165) is 0 Å². The van der Waals surface area contributed by atoms with Gasteiger partial charge in [0.25, 0.3) is 0 Å². The minimum absolute atomic E-state index is 0.152. The molecule has 0 aromatic carbocycles. The number of aliphatic hydroxyl groups is 4. The summed E-state index contributed by atoms with van der Waals surface area (Å²) in [4.78, 5) is 0. The highest BCUT2D eigenvalue weighted by Crippen LogP contribution is 2.30. The molecule has 1 saturated heterocycles. The van der Waals surface area contributed by atoms with Gasteiger partial charge in [0, 0.05) is 0 Å². The Balaban J connectivity index is 2.73. The molecule has 1 fully saturated rings. The van der Waals surface area contributed by atoms with Gasteiger partial charge >= 0.3 is 0 Å². The van der Waals surface area contributed by atoms with E-state index in [-0.39, 0.29) is 6.42 Å². The molecule has 1 rings (SSSR count). The number of hydrogen-bond donors (Lipinski definition) is 4. The molecule has 13 heavy (non-hydrogen) atoms. The molecule has 0 saturated carbocycles. The highest BCUT2D eigenvalue weighted by molar-refractivity contribution is 4.98. The van der Waals surface area contributed by atoms with Crippen LogP contribution in [0.25, 0.3) is 0 Å². The van der Waals surface area contributed by atoms with Gasteiger partial charge in [0.2, 0.25) is 5.79 Å². The van der Waals surface area contributed by atoms with Crippen LogP contribution in [0.5, 0.6) is 0 Å². The summed E-state index contributed by atoms with van der Waals surface area (Å²) in [5, 5.41) is 44.8. The van der Waals surface area contributed by atoms with Crippen molar-refractivity contribution < 1.29 is 25.2 Å². The largest absolute Gasteiger partial charge is 0.391 e. The van der Waals surface area contributed by atoms with Gasteiger partial charge < -0.3 is 25.2 Å². The van der Waals surface area contributed by atoms with Crippen LogP contribution < -0.4 is 0 Å². The lowest BCUT2D eigenvalue weighted by Gasteiger charge is -2.22. The first-order chi connectivity index (χ1) is 6.05. The van der Waals surface area contributed by atoms with Gasteiger partial charge in [0.05, 0.1) is 19.1 Å². The van der Waals surface area contributed by atoms with Crippen LogP contribution in [0.4, 0.5) is 0 Å². The SMILES string of the molecule is N#CCC1OC(O)(CO)C(O)C1O. The van der Waals surface area contributed by atoms with Crippen molar-refractivity contribution in [3.8, 4) is 6.07 Å². The summed E-state index contributed by atoms with van der Waals surface area (Å²) in [6.07, 6.45) is -4.05. The van der Waals surface area contributed by atoms with E-state index in [0.29, 0.717) is 0 Å². The minimum atomic E-state index is -2.15. The molecule has 0 aromatic rings. The fraction of sp³-hybridized carbons (Fsp3) is 0.857. The molecule has 0 aliphatic carbocycles. The Morgan fingerprint density at radius 1 is 1.46 bits per heavy atom. The predicted molar refractivity (Wildman–Crippen MR) is 39.2 cm³/mol. The molecule has 1 aliphatic rings. The van der Waals surface area contributed by atoms with Crippen molar-refractivity contribution in [3.63, 3.8) is 0 Å². The summed E-state index contributed by atoms with van der Waals surface area (Å²) < 4.78 is 4.75. The Bertz CT molecular complexity index is 227. The van der Waals surface area contributed by atoms with Crippen LogP contribution in [0.3, 0.4) is 0 Å². The van der Waals surface area contributed by atoms with E-state index in [4.69, 9.17) is 15.1 Å². The zero-order valence-corrected chi connectivity index (χ0v) is 6.79. The molecule has 74 valence electrons. The zero-order chi connectivity index (χ0) is 10.1. The van der Waals surface area contributed by atoms with E-state index < -0.39 is 30.7 Å². The number of ether oxygens (including phenoxy) is 1. The van der Waals surface area contributed by atoms with Crippen molar-refractivity contribution >= 4 is 0 Å². The van der Waals surface area contributed by atoms with Crippen LogP contribution in [0.1, 0.15) is 6.42 Å². The van der Waals surface area contributed by atoms with Crippen LogP contribution in [0, 0.1) is 11.3 Å². The van der Waals surface area contributed by atoms with Gasteiger partial charge in [-0.3, -0.25) is 0 Å². The molecule has 0 radical (unpaired) electrons. The topological polar surface area (TPSA) is 114 Å². The lowest BCUT2D eigenvalue weighted by molar-refractivity contribution is -0.245. The summed E-state index contributed by atoms with van der Waals surface area (Å²) in [7, 11) is 0. The molecule has 1 aliphatic heterocycles. The van der Waals surface area contributed by atoms with Gasteiger partial charge in [-0.05, 0) is 0 Å². The number of nitriles is 1. The molecule has 0 aromatic heterocycles. The molecule has 6 nitrogen and oxygen atoms in total. The van der Waals surface area contributed by atoms with Gasteiger partial charge in [0.1, 0.15) is 18.3 Å². The van der Waals surface area contributed by atoms with Crippen molar-refractivity contribution in [2.24, 2.45) is 0 Å². The zero-order valence-electron chi connectivity index (χ0n) is 6.79. The second-order valence-corrected chi connectivity index (χ2v) is 2.96. The Hall–Kier alpha value is -0.710. The first kappa shape index (κ1) is 10.4. The summed E-state index contributed by atoms with van der Waals surface area (Å²) in [5.41, 5.74) is 0. The highest BCUT2D eigenvalue weighted by Gasteiger charge is 2.52. The van der Waals surface area contributed by atoms with Crippen LogP contribution >= 0.6 is 0 Å². The van der Waals surface area contributed by atoms with Crippen molar-refractivity contribution in [3.05, 3.63) is 0 Å². The lowest BCUT2D eigenvalue weighted by Crippen LogP contribution is -2.46. The first-order valence-corrected chi connectivity index (χ1v) is 3.79. The summed E-state index contributed by atoms with van der Waals surface area (Å²) in [5.74, 6) is -2.15. The Kier molecular flexibility index (Phi) is 2.85. The van der Waals surface area contributed by atoms with E-state index in [9.17, 15) is 15.3 Å². The van der Waals surface area contributed by atoms with Crippen LogP contribution in [0.2, 0.25) is 0 Å². The average Bonchev–Trinajstić information content (AvgIpc) is 2.33. The number of rotatable bonds is 2. The Morgan fingerprint density at radius 3 is 2.46 bits per heavy atom. The van der Waals surface area contributed by atoms with E-state index in [2.05, 4.69) is 0 Å². The second-order valence-electron chi connectivity index (χ2n) is 2.96. The van der Waals surface area contributed by atoms with Crippen LogP contribution in [-0.2, 0) is 4.74 Å². The predicted octanol–water partition coefficient (Wildman–Crippen LogP) is -2.30. The van der Waals surface area contributed by atoms with E-state index in [1.807, 2.05) is 0 Å². The third-order valence-electron chi connectivity index (χ3n) is 2.04. The fourth-order valence-corrected chi connectivity index (χ4v) is 1.25. The summed E-state index contributed by atoms with van der Waals surface area (Å²) in [6.45, 7) is -0.826. The molecular weight excluding hydrogens is 178 g/mol. The molecular formula is C7H11NO5. The van der Waals surface area contributed by atoms with E-state index in [1.54, 1.807) is 6.07 Å². The normalized spacial score (nSPS) is 44.7. The van der Waals surface area contributed by atoms with Crippen LogP contribution in [-0.4, -0.2) is 51.1 Å². The van der Waals surface area contributed by atoms with Crippen molar-refractivity contribution in [1.82, 2.24) is 0 Å². The van der Waals surface area contributed by atoms with Gasteiger partial charge in [-0.1, -0.05) is 0 Å². The van der Waals surface area contributed by atoms with Crippen LogP contribution in [0.15, 0.2) is 0 Å². The van der Waals surface area contributed by atoms with Gasteiger partial charge in [-0.15, -0.1) is 0 Å². The maximum absolute atomic E-state index is 9.34. The molecule has 0 bridgehead atoms. The third-order valence-corrected chi connectivity index (χ3v) is 2.04. The molecule has 0 spiro atoms. The monoisotopic (exact) mass is 189 g/mol. The number of nitrogens with zero attached hydrogens (tertiary/aromatic N) is 1. The minimum Gasteiger partial charge on any atom is -0.391 e. The maximum Gasteiger partial charge on any atom is 0.219 e. The second kappa shape index (κ2) is 3.57. The molecule has 1 heterocycles. The maximum atomic E-state index is 9.34. The smallest absolute Gasteiger partial charge is 0.219 e. The lowest BCUT2D eigenvalue weighted by atomic mass is 10.0. The van der Waals surface area contributed by atoms with Crippen molar-refractivity contribution in [1.29, 1.82) is 5.26 Å². The first-order valence-electron chi connectivity index (χ1n) is 3.79. The van der Waals surface area contributed by atoms with Crippen molar-refractivity contribution in [2.45, 2.75) is 30.5 Å². The summed E-state index contributed by atoms with van der Waals surface area (Å²) in [6, 6.07) is 1.73. The van der Waals surface area contributed by atoms with E-state index >= 15 is 0 Å². The van der Waals surface area contributed by atoms with Gasteiger partial charge in [-0.2, -0.15) is 5.26 Å². The van der Waals surface area contributed by atoms with Gasteiger partial charge in [-0.25, -0.2) is 0 Å². The molecule has 4 atom stereocenters. The summed E-state index contributed by atoms with van der Waals surface area (Å²) >= 11 is 0. The fourth-order valence-electron chi connectivity index (χ4n) is 1.25. The Labute approximate surface area is 74.6 Å². The Morgan fingerprint density at radius 2 is 2.08 bits per heavy atom. The third kappa shape index (κ3) is 1.65. The molecule has 4 N–H and O–H groups in total. The quantitative estimate of drug-likeness (QED) is 0.388. The average molecular weight is 189 g/mol. The van der Waals surface area contributed by atoms with Gasteiger partial charge in [0.15, 0.2) is 0 Å². The van der Waals surface area contributed by atoms with E-state index in [1.165, 1.54) is 0 Å². The molecule has 0 amide bonds. The highest BCUT2D eigenvalue weighted by atomic mass is 16.7. The van der Waals surface area contributed by atoms with Crippen molar-refractivity contribution in [2.75, 3.05) is 6.61 Å².